The largest absolute Gasteiger partial charge is 0.355 e. The standard InChI is InChI=1S/C12H22N4/c1-10(2)16-7-6-14-12(16)15-9-11-4-3-5-13-8-11/h6-7,10-11,13H,3-5,8-9H2,1-2H3,(H,14,15). The average Bonchev–Trinajstić information content (AvgIpc) is 2.76. The molecule has 0 aromatic carbocycles. The SMILES string of the molecule is CC(C)n1ccnc1NCC1CCCNC1. The molecule has 1 fully saturated rings. The van der Waals surface area contributed by atoms with Crippen molar-refractivity contribution in [1.82, 2.24) is 14.9 Å². The van der Waals surface area contributed by atoms with Gasteiger partial charge in [0.15, 0.2) is 0 Å². The third kappa shape index (κ3) is 2.76. The summed E-state index contributed by atoms with van der Waals surface area (Å²) in [5.74, 6) is 1.74. The Morgan fingerprint density at radius 3 is 3.19 bits per heavy atom. The minimum absolute atomic E-state index is 0.467. The Morgan fingerprint density at radius 2 is 2.50 bits per heavy atom. The van der Waals surface area contributed by atoms with E-state index in [1.807, 2.05) is 12.4 Å². The molecule has 2 heterocycles. The molecule has 0 bridgehead atoms. The van der Waals surface area contributed by atoms with Crippen LogP contribution in [0.1, 0.15) is 32.7 Å². The van der Waals surface area contributed by atoms with Crippen molar-refractivity contribution in [2.75, 3.05) is 25.0 Å². The van der Waals surface area contributed by atoms with Crippen molar-refractivity contribution in [1.29, 1.82) is 0 Å². The summed E-state index contributed by atoms with van der Waals surface area (Å²) in [4.78, 5) is 4.35. The Labute approximate surface area is 97.4 Å². The number of imidazole rings is 1. The zero-order valence-corrected chi connectivity index (χ0v) is 10.2. The van der Waals surface area contributed by atoms with E-state index < -0.39 is 0 Å². The molecule has 4 nitrogen and oxygen atoms in total. The van der Waals surface area contributed by atoms with Gasteiger partial charge in [0.2, 0.25) is 5.95 Å². The van der Waals surface area contributed by atoms with Crippen molar-refractivity contribution >= 4 is 5.95 Å². The summed E-state index contributed by atoms with van der Waals surface area (Å²) >= 11 is 0. The van der Waals surface area contributed by atoms with E-state index in [2.05, 4.69) is 34.0 Å². The zero-order chi connectivity index (χ0) is 11.4. The van der Waals surface area contributed by atoms with Gasteiger partial charge in [0.25, 0.3) is 0 Å². The Hall–Kier alpha value is -1.03. The fourth-order valence-corrected chi connectivity index (χ4v) is 2.20. The number of hydrogen-bond donors (Lipinski definition) is 2. The number of nitrogens with one attached hydrogen (secondary N) is 2. The van der Waals surface area contributed by atoms with Gasteiger partial charge < -0.3 is 15.2 Å². The summed E-state index contributed by atoms with van der Waals surface area (Å²) in [6.45, 7) is 7.69. The van der Waals surface area contributed by atoms with Crippen LogP contribution in [0.2, 0.25) is 0 Å². The molecule has 90 valence electrons. The van der Waals surface area contributed by atoms with Gasteiger partial charge in [-0.25, -0.2) is 4.98 Å². The van der Waals surface area contributed by atoms with E-state index in [1.165, 1.54) is 19.4 Å². The molecule has 1 aromatic heterocycles. The first-order chi connectivity index (χ1) is 7.77. The highest BCUT2D eigenvalue weighted by molar-refractivity contribution is 5.26. The monoisotopic (exact) mass is 222 g/mol. The van der Waals surface area contributed by atoms with Gasteiger partial charge in [-0.1, -0.05) is 0 Å². The van der Waals surface area contributed by atoms with Gasteiger partial charge in [0, 0.05) is 25.0 Å². The summed E-state index contributed by atoms with van der Waals surface area (Å²) in [5.41, 5.74) is 0. The van der Waals surface area contributed by atoms with E-state index in [0.29, 0.717) is 6.04 Å². The van der Waals surface area contributed by atoms with Crippen LogP contribution in [0.25, 0.3) is 0 Å². The highest BCUT2D eigenvalue weighted by Gasteiger charge is 2.13. The summed E-state index contributed by atoms with van der Waals surface area (Å²) in [6, 6.07) is 0.467. The Kier molecular flexibility index (Phi) is 3.83. The maximum atomic E-state index is 4.35. The van der Waals surface area contributed by atoms with Crippen LogP contribution in [0, 0.1) is 5.92 Å². The molecule has 1 saturated heterocycles. The van der Waals surface area contributed by atoms with Gasteiger partial charge in [-0.3, -0.25) is 0 Å². The molecule has 1 aromatic rings. The quantitative estimate of drug-likeness (QED) is 0.817. The molecule has 1 aliphatic heterocycles. The van der Waals surface area contributed by atoms with Crippen LogP contribution in [0.5, 0.6) is 0 Å². The first kappa shape index (κ1) is 11.5. The number of piperidine rings is 1. The average molecular weight is 222 g/mol. The first-order valence-corrected chi connectivity index (χ1v) is 6.25. The van der Waals surface area contributed by atoms with Crippen LogP contribution in [-0.2, 0) is 0 Å². The fourth-order valence-electron chi connectivity index (χ4n) is 2.20. The maximum absolute atomic E-state index is 4.35. The molecule has 1 aliphatic rings. The van der Waals surface area contributed by atoms with Gasteiger partial charge >= 0.3 is 0 Å². The molecule has 0 amide bonds. The van der Waals surface area contributed by atoms with E-state index in [4.69, 9.17) is 0 Å². The van der Waals surface area contributed by atoms with Gasteiger partial charge in [-0.05, 0) is 45.7 Å². The van der Waals surface area contributed by atoms with Crippen molar-refractivity contribution in [3.63, 3.8) is 0 Å². The zero-order valence-electron chi connectivity index (χ0n) is 10.2. The lowest BCUT2D eigenvalue weighted by Crippen LogP contribution is -2.33. The molecular formula is C12H22N4. The molecule has 0 saturated carbocycles. The molecule has 0 radical (unpaired) electrons. The Morgan fingerprint density at radius 1 is 1.62 bits per heavy atom. The van der Waals surface area contributed by atoms with Crippen molar-refractivity contribution in [2.24, 2.45) is 5.92 Å². The Balaban J connectivity index is 1.86. The summed E-state index contributed by atoms with van der Waals surface area (Å²) in [6.07, 6.45) is 6.51. The molecule has 16 heavy (non-hydrogen) atoms. The van der Waals surface area contributed by atoms with Gasteiger partial charge in [-0.15, -0.1) is 0 Å². The van der Waals surface area contributed by atoms with E-state index in [0.717, 1.165) is 25.0 Å². The molecular weight excluding hydrogens is 200 g/mol. The molecule has 0 spiro atoms. The van der Waals surface area contributed by atoms with Crippen LogP contribution in [0.4, 0.5) is 5.95 Å². The van der Waals surface area contributed by atoms with Crippen LogP contribution in [0.15, 0.2) is 12.4 Å². The van der Waals surface area contributed by atoms with Crippen molar-refractivity contribution < 1.29 is 0 Å². The van der Waals surface area contributed by atoms with Gasteiger partial charge in [-0.2, -0.15) is 0 Å². The number of anilines is 1. The van der Waals surface area contributed by atoms with E-state index >= 15 is 0 Å². The smallest absolute Gasteiger partial charge is 0.203 e. The first-order valence-electron chi connectivity index (χ1n) is 6.25. The predicted octanol–water partition coefficient (Wildman–Crippen LogP) is 1.88. The van der Waals surface area contributed by atoms with Crippen LogP contribution in [0.3, 0.4) is 0 Å². The molecule has 1 unspecified atom stereocenters. The summed E-state index contributed by atoms with van der Waals surface area (Å²) in [5, 5.41) is 6.89. The van der Waals surface area contributed by atoms with Gasteiger partial charge in [0.05, 0.1) is 0 Å². The molecule has 1 atom stereocenters. The van der Waals surface area contributed by atoms with Crippen LogP contribution in [-0.4, -0.2) is 29.2 Å². The third-order valence-electron chi connectivity index (χ3n) is 3.17. The molecule has 2 rings (SSSR count). The highest BCUT2D eigenvalue weighted by atomic mass is 15.2. The van der Waals surface area contributed by atoms with E-state index in [1.54, 1.807) is 0 Å². The van der Waals surface area contributed by atoms with Crippen molar-refractivity contribution in [3.8, 4) is 0 Å². The van der Waals surface area contributed by atoms with Crippen molar-refractivity contribution in [3.05, 3.63) is 12.4 Å². The normalized spacial score (nSPS) is 21.3. The van der Waals surface area contributed by atoms with Gasteiger partial charge in [0.1, 0.15) is 0 Å². The maximum Gasteiger partial charge on any atom is 0.203 e. The second-order valence-corrected chi connectivity index (χ2v) is 4.85. The molecule has 2 N–H and O–H groups in total. The van der Waals surface area contributed by atoms with E-state index in [-0.39, 0.29) is 0 Å². The summed E-state index contributed by atoms with van der Waals surface area (Å²) < 4.78 is 2.18. The minimum atomic E-state index is 0.467. The predicted molar refractivity (Wildman–Crippen MR) is 66.7 cm³/mol. The van der Waals surface area contributed by atoms with Crippen LogP contribution >= 0.6 is 0 Å². The van der Waals surface area contributed by atoms with Crippen LogP contribution < -0.4 is 10.6 Å². The Bertz CT molecular complexity index is 313. The lowest BCUT2D eigenvalue weighted by molar-refractivity contribution is 0.391. The second-order valence-electron chi connectivity index (χ2n) is 4.85. The third-order valence-corrected chi connectivity index (χ3v) is 3.17. The number of hydrogen-bond acceptors (Lipinski definition) is 3. The highest BCUT2D eigenvalue weighted by Crippen LogP contribution is 2.15. The lowest BCUT2D eigenvalue weighted by atomic mass is 10.00. The number of aromatic nitrogens is 2. The second kappa shape index (κ2) is 5.34. The number of nitrogens with zero attached hydrogens (tertiary/aromatic N) is 2. The lowest BCUT2D eigenvalue weighted by Gasteiger charge is -2.23. The molecule has 4 heteroatoms. The molecule has 0 aliphatic carbocycles. The summed E-state index contributed by atoms with van der Waals surface area (Å²) in [7, 11) is 0. The van der Waals surface area contributed by atoms with Crippen molar-refractivity contribution in [2.45, 2.75) is 32.7 Å². The fraction of sp³-hybridized carbons (Fsp3) is 0.750. The topological polar surface area (TPSA) is 41.9 Å². The number of rotatable bonds is 4. The minimum Gasteiger partial charge on any atom is -0.355 e. The van der Waals surface area contributed by atoms with E-state index in [9.17, 15) is 0 Å².